The van der Waals surface area contributed by atoms with Crippen LogP contribution in [0.5, 0.6) is 0 Å². The number of carbonyl (C=O) groups excluding carboxylic acids is 1. The molecular weight excluding hydrogens is 354 g/mol. The number of nitrogens with zero attached hydrogens (tertiary/aromatic N) is 1. The molecule has 0 saturated carbocycles. The molecule has 0 aliphatic rings. The molecule has 4 N–H and O–H groups in total. The number of amidine groups is 1. The Morgan fingerprint density at radius 3 is 2.67 bits per heavy atom. The Balaban J connectivity index is 2.36. The number of nitrogens with two attached hydrogens (primary N) is 1. The van der Waals surface area contributed by atoms with Crippen molar-refractivity contribution in [1.82, 2.24) is 0 Å². The minimum Gasteiger partial charge on any atom is -0.409 e. The molecule has 0 bridgehead atoms. The summed E-state index contributed by atoms with van der Waals surface area (Å²) in [4.78, 5) is 12.9. The molecule has 0 fully saturated rings. The summed E-state index contributed by atoms with van der Waals surface area (Å²) in [5, 5.41) is 14.7. The number of carbonyl (C=O) groups is 1. The van der Waals surface area contributed by atoms with E-state index in [1.54, 1.807) is 12.1 Å². The molecular formula is C14H14BrN3O2S. The Morgan fingerprint density at radius 1 is 1.38 bits per heavy atom. The van der Waals surface area contributed by atoms with Crippen LogP contribution >= 0.6 is 27.3 Å². The van der Waals surface area contributed by atoms with Crippen molar-refractivity contribution < 1.29 is 10.0 Å². The molecule has 1 aromatic heterocycles. The number of hydrogen-bond donors (Lipinski definition) is 3. The lowest BCUT2D eigenvalue weighted by atomic mass is 10.1. The lowest BCUT2D eigenvalue weighted by Crippen LogP contribution is -2.20. The van der Waals surface area contributed by atoms with Crippen molar-refractivity contribution in [2.24, 2.45) is 10.9 Å². The Labute approximate surface area is 134 Å². The third kappa shape index (κ3) is 3.25. The lowest BCUT2D eigenvalue weighted by molar-refractivity contribution is 0.103. The summed E-state index contributed by atoms with van der Waals surface area (Å²) in [5.41, 5.74) is 8.53. The fraction of sp³-hybridized carbons (Fsp3) is 0.143. The van der Waals surface area contributed by atoms with Crippen LogP contribution in [0, 0.1) is 13.8 Å². The van der Waals surface area contributed by atoms with Crippen LogP contribution in [0.3, 0.4) is 0 Å². The smallest absolute Gasteiger partial charge is 0.265 e. The maximum atomic E-state index is 12.3. The number of hydrogen-bond acceptors (Lipinski definition) is 4. The molecule has 5 nitrogen and oxygen atoms in total. The molecule has 110 valence electrons. The van der Waals surface area contributed by atoms with Gasteiger partial charge in [-0.15, -0.1) is 11.3 Å². The first kappa shape index (κ1) is 15.5. The fourth-order valence-electron chi connectivity index (χ4n) is 1.92. The first-order chi connectivity index (χ1) is 9.93. The Morgan fingerprint density at radius 2 is 2.10 bits per heavy atom. The molecule has 0 atom stereocenters. The van der Waals surface area contributed by atoms with Crippen molar-refractivity contribution in [2.75, 3.05) is 5.32 Å². The molecule has 1 aromatic carbocycles. The van der Waals surface area contributed by atoms with Gasteiger partial charge in [0.2, 0.25) is 0 Å². The van der Waals surface area contributed by atoms with Gasteiger partial charge < -0.3 is 16.3 Å². The molecule has 21 heavy (non-hydrogen) atoms. The molecule has 1 heterocycles. The van der Waals surface area contributed by atoms with Crippen LogP contribution in [0.2, 0.25) is 0 Å². The minimum absolute atomic E-state index is 0.0352. The van der Waals surface area contributed by atoms with Gasteiger partial charge in [0.25, 0.3) is 5.91 Å². The summed E-state index contributed by atoms with van der Waals surface area (Å²) < 4.78 is 0.925. The molecule has 0 unspecified atom stereocenters. The van der Waals surface area contributed by atoms with E-state index in [1.807, 2.05) is 26.0 Å². The summed E-state index contributed by atoms with van der Waals surface area (Å²) in [5.74, 6) is -0.265. The quantitative estimate of drug-likeness (QED) is 0.336. The highest BCUT2D eigenvalue weighted by molar-refractivity contribution is 9.11. The van der Waals surface area contributed by atoms with Crippen LogP contribution in [0.4, 0.5) is 5.69 Å². The number of oxime groups is 1. The summed E-state index contributed by atoms with van der Waals surface area (Å²) in [7, 11) is 0. The number of rotatable bonds is 3. The zero-order chi connectivity index (χ0) is 15.6. The predicted molar refractivity (Wildman–Crippen MR) is 88.4 cm³/mol. The van der Waals surface area contributed by atoms with Crippen molar-refractivity contribution in [3.63, 3.8) is 0 Å². The largest absolute Gasteiger partial charge is 0.409 e. The third-order valence-corrected chi connectivity index (χ3v) is 5.10. The van der Waals surface area contributed by atoms with Gasteiger partial charge in [-0.25, -0.2) is 0 Å². The van der Waals surface area contributed by atoms with Crippen LogP contribution in [-0.2, 0) is 0 Å². The maximum absolute atomic E-state index is 12.3. The molecule has 1 amide bonds. The third-order valence-electron chi connectivity index (χ3n) is 2.97. The van der Waals surface area contributed by atoms with Crippen molar-refractivity contribution in [3.8, 4) is 0 Å². The van der Waals surface area contributed by atoms with Crippen LogP contribution in [0.15, 0.2) is 33.2 Å². The molecule has 2 rings (SSSR count). The van der Waals surface area contributed by atoms with Crippen molar-refractivity contribution in [3.05, 3.63) is 49.6 Å². The van der Waals surface area contributed by atoms with E-state index in [0.717, 1.165) is 14.9 Å². The number of thiophene rings is 1. The van der Waals surface area contributed by atoms with Gasteiger partial charge in [-0.05, 0) is 53.0 Å². The van der Waals surface area contributed by atoms with E-state index in [4.69, 9.17) is 10.9 Å². The Kier molecular flexibility index (Phi) is 4.64. The second-order valence-electron chi connectivity index (χ2n) is 4.50. The van der Waals surface area contributed by atoms with Gasteiger partial charge >= 0.3 is 0 Å². The highest BCUT2D eigenvalue weighted by atomic mass is 79.9. The lowest BCUT2D eigenvalue weighted by Gasteiger charge is -2.12. The van der Waals surface area contributed by atoms with Gasteiger partial charge in [-0.1, -0.05) is 17.3 Å². The van der Waals surface area contributed by atoms with Crippen LogP contribution in [0.25, 0.3) is 0 Å². The van der Waals surface area contributed by atoms with Crippen molar-refractivity contribution in [2.45, 2.75) is 13.8 Å². The first-order valence-corrected chi connectivity index (χ1v) is 7.69. The molecule has 7 heteroatoms. The Hall–Kier alpha value is -1.86. The average molecular weight is 368 g/mol. The maximum Gasteiger partial charge on any atom is 0.265 e. The second-order valence-corrected chi connectivity index (χ2v) is 6.87. The van der Waals surface area contributed by atoms with E-state index in [-0.39, 0.29) is 11.7 Å². The fourth-order valence-corrected chi connectivity index (χ4v) is 3.35. The summed E-state index contributed by atoms with van der Waals surface area (Å²) in [6, 6.07) is 7.15. The van der Waals surface area contributed by atoms with E-state index in [1.165, 1.54) is 11.3 Å². The topological polar surface area (TPSA) is 87.7 Å². The van der Waals surface area contributed by atoms with Crippen molar-refractivity contribution >= 4 is 44.7 Å². The van der Waals surface area contributed by atoms with E-state index in [9.17, 15) is 4.79 Å². The Bertz CT molecular complexity index is 706. The monoisotopic (exact) mass is 367 g/mol. The summed E-state index contributed by atoms with van der Waals surface area (Å²) in [6.45, 7) is 3.75. The van der Waals surface area contributed by atoms with Gasteiger partial charge in [0, 0.05) is 5.56 Å². The SMILES string of the molecule is Cc1cc(C(=O)Nc2cccc(C)c2/C(N)=N/O)sc1Br. The number of halogens is 1. The standard InChI is InChI=1S/C14H14BrN3O2S/c1-7-4-3-5-9(11(7)13(16)18-20)17-14(19)10-6-8(2)12(15)21-10/h3-6,20H,1-2H3,(H2,16,18)(H,17,19). The predicted octanol–water partition coefficient (Wildman–Crippen LogP) is 3.47. The molecule has 0 saturated heterocycles. The van der Waals surface area contributed by atoms with Crippen LogP contribution < -0.4 is 11.1 Å². The highest BCUT2D eigenvalue weighted by Crippen LogP contribution is 2.28. The number of anilines is 1. The van der Waals surface area contributed by atoms with E-state index < -0.39 is 0 Å². The number of nitrogens with one attached hydrogen (secondary N) is 1. The zero-order valence-corrected chi connectivity index (χ0v) is 13.9. The van der Waals surface area contributed by atoms with E-state index >= 15 is 0 Å². The zero-order valence-electron chi connectivity index (χ0n) is 11.5. The number of amides is 1. The van der Waals surface area contributed by atoms with Gasteiger partial charge in [-0.3, -0.25) is 4.79 Å². The highest BCUT2D eigenvalue weighted by Gasteiger charge is 2.16. The van der Waals surface area contributed by atoms with Gasteiger partial charge in [-0.2, -0.15) is 0 Å². The number of benzene rings is 1. The van der Waals surface area contributed by atoms with Crippen LogP contribution in [-0.4, -0.2) is 17.0 Å². The molecule has 0 aliphatic heterocycles. The van der Waals surface area contributed by atoms with Gasteiger partial charge in [0.1, 0.15) is 0 Å². The van der Waals surface area contributed by atoms with Crippen molar-refractivity contribution in [1.29, 1.82) is 0 Å². The second kappa shape index (κ2) is 6.28. The minimum atomic E-state index is -0.230. The normalized spacial score (nSPS) is 11.5. The summed E-state index contributed by atoms with van der Waals surface area (Å²) in [6.07, 6.45) is 0. The molecule has 0 aliphatic carbocycles. The summed E-state index contributed by atoms with van der Waals surface area (Å²) >= 11 is 4.76. The molecule has 0 spiro atoms. The van der Waals surface area contributed by atoms with Gasteiger partial charge in [0.15, 0.2) is 5.84 Å². The van der Waals surface area contributed by atoms with E-state index in [2.05, 4.69) is 26.4 Å². The van der Waals surface area contributed by atoms with Gasteiger partial charge in [0.05, 0.1) is 14.4 Å². The molecule has 2 aromatic rings. The van der Waals surface area contributed by atoms with Crippen LogP contribution in [0.1, 0.15) is 26.4 Å². The number of aryl methyl sites for hydroxylation is 2. The average Bonchev–Trinajstić information content (AvgIpc) is 2.78. The molecule has 0 radical (unpaired) electrons. The van der Waals surface area contributed by atoms with E-state index in [0.29, 0.717) is 16.1 Å². The first-order valence-electron chi connectivity index (χ1n) is 6.09.